The van der Waals surface area contributed by atoms with Crippen molar-refractivity contribution >= 4 is 17.6 Å². The molecule has 1 amide bonds. The van der Waals surface area contributed by atoms with Crippen LogP contribution in [0, 0.1) is 0 Å². The van der Waals surface area contributed by atoms with Crippen LogP contribution in [0.5, 0.6) is 0 Å². The second kappa shape index (κ2) is 8.68. The summed E-state index contributed by atoms with van der Waals surface area (Å²) in [7, 11) is 1.84. The molecule has 1 aromatic carbocycles. The molecule has 1 aliphatic rings. The molecular formula is C19H26N6O2. The van der Waals surface area contributed by atoms with Gasteiger partial charge in [0.25, 0.3) is 0 Å². The first-order chi connectivity index (χ1) is 13.1. The van der Waals surface area contributed by atoms with Gasteiger partial charge < -0.3 is 20.2 Å². The summed E-state index contributed by atoms with van der Waals surface area (Å²) in [5.41, 5.74) is 2.67. The number of piperazine rings is 1. The Morgan fingerprint density at radius 3 is 2.70 bits per heavy atom. The van der Waals surface area contributed by atoms with Crippen molar-refractivity contribution in [3.05, 3.63) is 47.8 Å². The minimum Gasteiger partial charge on any atom is -0.392 e. The highest BCUT2D eigenvalue weighted by Crippen LogP contribution is 2.16. The second-order valence-corrected chi connectivity index (χ2v) is 6.44. The van der Waals surface area contributed by atoms with E-state index >= 15 is 0 Å². The van der Waals surface area contributed by atoms with Crippen molar-refractivity contribution in [3.8, 4) is 0 Å². The molecule has 8 nitrogen and oxygen atoms in total. The number of aliphatic hydroxyl groups excluding tert-OH is 1. The van der Waals surface area contributed by atoms with E-state index in [9.17, 15) is 9.90 Å². The molecule has 0 radical (unpaired) electrons. The average molecular weight is 370 g/mol. The lowest BCUT2D eigenvalue weighted by Crippen LogP contribution is -2.55. The quantitative estimate of drug-likeness (QED) is 0.599. The molecular weight excluding hydrogens is 344 g/mol. The van der Waals surface area contributed by atoms with Crippen LogP contribution in [0.15, 0.2) is 41.7 Å². The van der Waals surface area contributed by atoms with Gasteiger partial charge in [-0.05, 0) is 18.1 Å². The Morgan fingerprint density at radius 1 is 1.30 bits per heavy atom. The van der Waals surface area contributed by atoms with E-state index in [1.165, 1.54) is 0 Å². The number of hydrogen-bond acceptors (Lipinski definition) is 4. The molecule has 0 bridgehead atoms. The summed E-state index contributed by atoms with van der Waals surface area (Å²) in [6.45, 7) is 4.71. The van der Waals surface area contributed by atoms with Crippen LogP contribution in [-0.4, -0.2) is 57.8 Å². The normalized spacial score (nSPS) is 15.4. The summed E-state index contributed by atoms with van der Waals surface area (Å²) in [6.07, 6.45) is 3.55. The molecule has 0 saturated carbocycles. The molecule has 2 aromatic rings. The first-order valence-electron chi connectivity index (χ1n) is 9.12. The second-order valence-electron chi connectivity index (χ2n) is 6.44. The number of aromatic nitrogens is 2. The lowest BCUT2D eigenvalue weighted by molar-refractivity contribution is -0.120. The van der Waals surface area contributed by atoms with Crippen LogP contribution in [0.2, 0.25) is 0 Å². The molecule has 2 heterocycles. The van der Waals surface area contributed by atoms with Gasteiger partial charge in [0.1, 0.15) is 6.54 Å². The van der Waals surface area contributed by atoms with Crippen LogP contribution in [0.25, 0.3) is 0 Å². The summed E-state index contributed by atoms with van der Waals surface area (Å²) in [5, 5.41) is 16.9. The fourth-order valence-corrected chi connectivity index (χ4v) is 3.13. The summed E-state index contributed by atoms with van der Waals surface area (Å²) in [4.78, 5) is 21.0. The van der Waals surface area contributed by atoms with E-state index in [2.05, 4.69) is 15.4 Å². The Balaban J connectivity index is 1.71. The van der Waals surface area contributed by atoms with Crippen molar-refractivity contribution in [2.75, 3.05) is 31.1 Å². The molecule has 0 spiro atoms. The lowest BCUT2D eigenvalue weighted by atomic mass is 10.1. The number of anilines is 1. The van der Waals surface area contributed by atoms with Crippen molar-refractivity contribution in [1.29, 1.82) is 0 Å². The third-order valence-electron chi connectivity index (χ3n) is 4.55. The fraction of sp³-hybridized carbons (Fsp3) is 0.421. The van der Waals surface area contributed by atoms with Gasteiger partial charge in [0.15, 0.2) is 5.96 Å². The Morgan fingerprint density at radius 2 is 2.07 bits per heavy atom. The van der Waals surface area contributed by atoms with Crippen LogP contribution >= 0.6 is 0 Å². The van der Waals surface area contributed by atoms with Gasteiger partial charge in [0.05, 0.1) is 25.0 Å². The Hall–Kier alpha value is -2.87. The van der Waals surface area contributed by atoms with E-state index in [1.807, 2.05) is 49.3 Å². The number of amides is 1. The lowest BCUT2D eigenvalue weighted by Gasteiger charge is -2.35. The van der Waals surface area contributed by atoms with Gasteiger partial charge in [-0.2, -0.15) is 5.10 Å². The predicted molar refractivity (Wildman–Crippen MR) is 104 cm³/mol. The van der Waals surface area contributed by atoms with E-state index in [-0.39, 0.29) is 19.1 Å². The number of carbonyl (C=O) groups excluding carboxylic acids is 1. The van der Waals surface area contributed by atoms with Gasteiger partial charge in [-0.3, -0.25) is 9.48 Å². The number of hydrogen-bond donors (Lipinski definition) is 2. The van der Waals surface area contributed by atoms with Gasteiger partial charge in [-0.15, -0.1) is 0 Å². The Kier molecular flexibility index (Phi) is 6.08. The maximum atomic E-state index is 12.6. The molecule has 1 fully saturated rings. The maximum absolute atomic E-state index is 12.6. The van der Waals surface area contributed by atoms with Crippen LogP contribution < -0.4 is 10.2 Å². The molecule has 8 heteroatoms. The highest BCUT2D eigenvalue weighted by molar-refractivity contribution is 5.98. The van der Waals surface area contributed by atoms with Crippen LogP contribution in [0.1, 0.15) is 18.1 Å². The Bertz CT molecular complexity index is 816. The van der Waals surface area contributed by atoms with Crippen molar-refractivity contribution < 1.29 is 9.90 Å². The van der Waals surface area contributed by atoms with Crippen LogP contribution in [0.4, 0.5) is 5.69 Å². The van der Waals surface area contributed by atoms with E-state index in [0.717, 1.165) is 23.4 Å². The van der Waals surface area contributed by atoms with Crippen molar-refractivity contribution in [1.82, 2.24) is 20.0 Å². The summed E-state index contributed by atoms with van der Waals surface area (Å²) < 4.78 is 1.69. The largest absolute Gasteiger partial charge is 0.392 e. The molecule has 27 heavy (non-hydrogen) atoms. The van der Waals surface area contributed by atoms with E-state index < -0.39 is 0 Å². The number of benzene rings is 1. The molecule has 1 saturated heterocycles. The van der Waals surface area contributed by atoms with Crippen molar-refractivity contribution in [2.24, 2.45) is 12.0 Å². The van der Waals surface area contributed by atoms with Gasteiger partial charge in [0, 0.05) is 32.9 Å². The van der Waals surface area contributed by atoms with Crippen LogP contribution in [0.3, 0.4) is 0 Å². The van der Waals surface area contributed by atoms with Gasteiger partial charge in [0.2, 0.25) is 5.91 Å². The molecule has 3 rings (SSSR count). The first kappa shape index (κ1) is 18.9. The molecule has 144 valence electrons. The first-order valence-corrected chi connectivity index (χ1v) is 9.12. The van der Waals surface area contributed by atoms with Crippen LogP contribution in [-0.2, 0) is 25.0 Å². The monoisotopic (exact) mass is 370 g/mol. The van der Waals surface area contributed by atoms with Gasteiger partial charge in [-0.1, -0.05) is 24.3 Å². The third kappa shape index (κ3) is 4.46. The molecule has 0 aliphatic carbocycles. The number of nitrogens with zero attached hydrogens (tertiary/aromatic N) is 5. The number of carbonyl (C=O) groups is 1. The topological polar surface area (TPSA) is 86.0 Å². The third-order valence-corrected chi connectivity index (χ3v) is 4.55. The number of nitrogens with one attached hydrogen (secondary N) is 1. The average Bonchev–Trinajstić information content (AvgIpc) is 3.11. The summed E-state index contributed by atoms with van der Waals surface area (Å²) >= 11 is 0. The SMILES string of the molecule is CCNC(=NCc1ccccc1CO)N1CCN(c2cnn(C)c2)C(=O)C1. The number of aliphatic hydroxyl groups is 1. The molecule has 1 aliphatic heterocycles. The number of guanidine groups is 1. The minimum atomic E-state index is -0.00942. The summed E-state index contributed by atoms with van der Waals surface area (Å²) in [6, 6.07) is 7.70. The number of aryl methyl sites for hydroxylation is 1. The highest BCUT2D eigenvalue weighted by Gasteiger charge is 2.27. The number of aliphatic imine (C=N–C) groups is 1. The molecule has 1 aromatic heterocycles. The van der Waals surface area contributed by atoms with Gasteiger partial charge in [-0.25, -0.2) is 4.99 Å². The van der Waals surface area contributed by atoms with E-state index in [4.69, 9.17) is 0 Å². The Labute approximate surface area is 159 Å². The van der Waals surface area contributed by atoms with Crippen molar-refractivity contribution in [2.45, 2.75) is 20.1 Å². The van der Waals surface area contributed by atoms with E-state index in [0.29, 0.717) is 25.6 Å². The summed E-state index contributed by atoms with van der Waals surface area (Å²) in [5.74, 6) is 0.736. The molecule has 0 atom stereocenters. The zero-order valence-electron chi connectivity index (χ0n) is 15.8. The zero-order valence-corrected chi connectivity index (χ0v) is 15.8. The minimum absolute atomic E-state index is 0.00942. The smallest absolute Gasteiger partial charge is 0.246 e. The maximum Gasteiger partial charge on any atom is 0.246 e. The van der Waals surface area contributed by atoms with Crippen molar-refractivity contribution in [3.63, 3.8) is 0 Å². The number of rotatable bonds is 5. The van der Waals surface area contributed by atoms with Gasteiger partial charge >= 0.3 is 0 Å². The zero-order chi connectivity index (χ0) is 19.2. The molecule has 0 unspecified atom stereocenters. The highest BCUT2D eigenvalue weighted by atomic mass is 16.3. The standard InChI is InChI=1S/C19H26N6O2/c1-3-20-19(21-10-15-6-4-5-7-16(15)14-26)24-8-9-25(18(27)13-24)17-11-22-23(2)12-17/h4-7,11-12,26H,3,8-10,13-14H2,1-2H3,(H,20,21). The molecule has 2 N–H and O–H groups in total. The predicted octanol–water partition coefficient (Wildman–Crippen LogP) is 0.727. The fourth-order valence-electron chi connectivity index (χ4n) is 3.13. The van der Waals surface area contributed by atoms with E-state index in [1.54, 1.807) is 15.8 Å².